The van der Waals surface area contributed by atoms with Crippen LogP contribution in [0.2, 0.25) is 0 Å². The van der Waals surface area contributed by atoms with Crippen LogP contribution >= 0.6 is 0 Å². The Bertz CT molecular complexity index is 780. The third-order valence-corrected chi connectivity index (χ3v) is 6.50. The lowest BCUT2D eigenvalue weighted by molar-refractivity contribution is -0.122. The molecular weight excluding hydrogens is 322 g/mol. The molecule has 1 aromatic heterocycles. The molecule has 1 heterocycles. The summed E-state index contributed by atoms with van der Waals surface area (Å²) < 4.78 is 2.04. The molecule has 4 heteroatoms. The molecular formula is C22H29N3O. The summed E-state index contributed by atoms with van der Waals surface area (Å²) in [6.07, 6.45) is 6.07. The van der Waals surface area contributed by atoms with E-state index >= 15 is 0 Å². The maximum absolute atomic E-state index is 12.4. The molecule has 2 fully saturated rings. The zero-order valence-electron chi connectivity index (χ0n) is 15.9. The predicted octanol–water partition coefficient (Wildman–Crippen LogP) is 3.99. The SMILES string of the molecule is Cc1nn(Cc2ccccc2)c(C)c1CNC(=O)CC1CC2CCC1C2. The summed E-state index contributed by atoms with van der Waals surface area (Å²) in [6.45, 7) is 5.49. The van der Waals surface area contributed by atoms with E-state index in [4.69, 9.17) is 0 Å². The van der Waals surface area contributed by atoms with E-state index in [0.29, 0.717) is 18.9 Å². The van der Waals surface area contributed by atoms with Gasteiger partial charge in [0.1, 0.15) is 0 Å². The number of nitrogens with zero attached hydrogens (tertiary/aromatic N) is 2. The number of carbonyl (C=O) groups is 1. The van der Waals surface area contributed by atoms with Gasteiger partial charge in [-0.3, -0.25) is 9.48 Å². The fraction of sp³-hybridized carbons (Fsp3) is 0.545. The number of hydrogen-bond acceptors (Lipinski definition) is 2. The van der Waals surface area contributed by atoms with Crippen molar-refractivity contribution in [2.75, 3.05) is 0 Å². The highest BCUT2D eigenvalue weighted by atomic mass is 16.1. The average Bonchev–Trinajstić information content (AvgIpc) is 3.31. The quantitative estimate of drug-likeness (QED) is 0.855. The summed E-state index contributed by atoms with van der Waals surface area (Å²) in [4.78, 5) is 12.4. The van der Waals surface area contributed by atoms with E-state index in [1.54, 1.807) is 0 Å². The molecule has 2 saturated carbocycles. The molecule has 2 bridgehead atoms. The molecule has 2 aromatic rings. The second-order valence-electron chi connectivity index (χ2n) is 8.21. The van der Waals surface area contributed by atoms with Gasteiger partial charge in [0.15, 0.2) is 0 Å². The van der Waals surface area contributed by atoms with Crippen LogP contribution in [0.15, 0.2) is 30.3 Å². The van der Waals surface area contributed by atoms with Crippen molar-refractivity contribution in [1.29, 1.82) is 0 Å². The molecule has 4 rings (SSSR count). The number of hydrogen-bond donors (Lipinski definition) is 1. The average molecular weight is 351 g/mol. The maximum atomic E-state index is 12.4. The second kappa shape index (κ2) is 7.26. The van der Waals surface area contributed by atoms with Gasteiger partial charge in [-0.15, -0.1) is 0 Å². The van der Waals surface area contributed by atoms with Gasteiger partial charge in [-0.25, -0.2) is 0 Å². The Morgan fingerprint density at radius 3 is 2.69 bits per heavy atom. The number of rotatable bonds is 6. The Morgan fingerprint density at radius 1 is 1.19 bits per heavy atom. The van der Waals surface area contributed by atoms with E-state index in [0.717, 1.165) is 35.3 Å². The highest BCUT2D eigenvalue weighted by molar-refractivity contribution is 5.76. The first-order chi connectivity index (χ1) is 12.6. The molecule has 2 aliphatic carbocycles. The predicted molar refractivity (Wildman–Crippen MR) is 103 cm³/mol. The van der Waals surface area contributed by atoms with Gasteiger partial charge >= 0.3 is 0 Å². The smallest absolute Gasteiger partial charge is 0.220 e. The Balaban J connectivity index is 1.35. The maximum Gasteiger partial charge on any atom is 0.220 e. The van der Waals surface area contributed by atoms with Gasteiger partial charge in [0.2, 0.25) is 5.91 Å². The minimum Gasteiger partial charge on any atom is -0.352 e. The van der Waals surface area contributed by atoms with Crippen molar-refractivity contribution >= 4 is 5.91 Å². The van der Waals surface area contributed by atoms with E-state index < -0.39 is 0 Å². The third-order valence-electron chi connectivity index (χ3n) is 6.50. The topological polar surface area (TPSA) is 46.9 Å². The van der Waals surface area contributed by atoms with E-state index in [9.17, 15) is 4.79 Å². The van der Waals surface area contributed by atoms with Crippen molar-refractivity contribution in [1.82, 2.24) is 15.1 Å². The largest absolute Gasteiger partial charge is 0.352 e. The summed E-state index contributed by atoms with van der Waals surface area (Å²) in [5, 5.41) is 7.84. The lowest BCUT2D eigenvalue weighted by atomic mass is 9.86. The molecule has 26 heavy (non-hydrogen) atoms. The fourth-order valence-electron chi connectivity index (χ4n) is 5.02. The Labute approximate surface area is 156 Å². The van der Waals surface area contributed by atoms with Gasteiger partial charge in [-0.1, -0.05) is 36.8 Å². The van der Waals surface area contributed by atoms with E-state index in [1.807, 2.05) is 17.7 Å². The standard InChI is InChI=1S/C22H29N3O/c1-15-21(16(2)25(24-15)14-17-6-4-3-5-7-17)13-23-22(26)12-20-11-18-8-9-19(20)10-18/h3-7,18-20H,8-14H2,1-2H3,(H,23,26). The van der Waals surface area contributed by atoms with Gasteiger partial charge in [0.05, 0.1) is 12.2 Å². The van der Waals surface area contributed by atoms with Gasteiger partial charge in [0, 0.05) is 24.2 Å². The normalized spacial score (nSPS) is 24.2. The summed E-state index contributed by atoms with van der Waals surface area (Å²) in [7, 11) is 0. The molecule has 1 amide bonds. The number of amides is 1. The first kappa shape index (κ1) is 17.3. The highest BCUT2D eigenvalue weighted by Crippen LogP contribution is 2.49. The van der Waals surface area contributed by atoms with Gasteiger partial charge in [-0.2, -0.15) is 5.10 Å². The minimum atomic E-state index is 0.206. The van der Waals surface area contributed by atoms with Crippen molar-refractivity contribution in [3.8, 4) is 0 Å². The van der Waals surface area contributed by atoms with Gasteiger partial charge < -0.3 is 5.32 Å². The van der Waals surface area contributed by atoms with Crippen LogP contribution in [-0.4, -0.2) is 15.7 Å². The molecule has 138 valence electrons. The van der Waals surface area contributed by atoms with Crippen molar-refractivity contribution in [2.24, 2.45) is 17.8 Å². The van der Waals surface area contributed by atoms with Crippen LogP contribution in [0.25, 0.3) is 0 Å². The van der Waals surface area contributed by atoms with Crippen LogP contribution < -0.4 is 5.32 Å². The van der Waals surface area contributed by atoms with Crippen molar-refractivity contribution in [2.45, 2.75) is 59.0 Å². The van der Waals surface area contributed by atoms with Crippen molar-refractivity contribution in [3.05, 3.63) is 52.8 Å². The first-order valence-corrected chi connectivity index (χ1v) is 9.93. The van der Waals surface area contributed by atoms with E-state index in [2.05, 4.69) is 41.6 Å². The zero-order valence-corrected chi connectivity index (χ0v) is 15.9. The summed E-state index contributed by atoms with van der Waals surface area (Å²) in [5.41, 5.74) is 4.55. The monoisotopic (exact) mass is 351 g/mol. The van der Waals surface area contributed by atoms with E-state index in [1.165, 1.54) is 31.2 Å². The lowest BCUT2D eigenvalue weighted by Crippen LogP contribution is -2.27. The summed E-state index contributed by atoms with van der Waals surface area (Å²) >= 11 is 0. The number of carbonyl (C=O) groups excluding carboxylic acids is 1. The summed E-state index contributed by atoms with van der Waals surface area (Å²) in [5.74, 6) is 2.54. The number of nitrogens with one attached hydrogen (secondary N) is 1. The van der Waals surface area contributed by atoms with Crippen molar-refractivity contribution in [3.63, 3.8) is 0 Å². The van der Waals surface area contributed by atoms with Crippen LogP contribution in [-0.2, 0) is 17.9 Å². The Kier molecular flexibility index (Phi) is 4.84. The third kappa shape index (κ3) is 3.55. The molecule has 3 atom stereocenters. The molecule has 0 radical (unpaired) electrons. The second-order valence-corrected chi connectivity index (χ2v) is 8.21. The van der Waals surface area contributed by atoms with Crippen LogP contribution in [0.3, 0.4) is 0 Å². The number of benzene rings is 1. The van der Waals surface area contributed by atoms with Gasteiger partial charge in [0.25, 0.3) is 0 Å². The molecule has 2 aliphatic rings. The van der Waals surface area contributed by atoms with Gasteiger partial charge in [-0.05, 0) is 56.4 Å². The Morgan fingerprint density at radius 2 is 2.00 bits per heavy atom. The molecule has 3 unspecified atom stereocenters. The molecule has 0 spiro atoms. The van der Waals surface area contributed by atoms with Crippen LogP contribution in [0.1, 0.15) is 54.6 Å². The fourth-order valence-corrected chi connectivity index (χ4v) is 5.02. The van der Waals surface area contributed by atoms with Crippen LogP contribution in [0, 0.1) is 31.6 Å². The zero-order chi connectivity index (χ0) is 18.1. The van der Waals surface area contributed by atoms with Crippen molar-refractivity contribution < 1.29 is 4.79 Å². The Hall–Kier alpha value is -2.10. The van der Waals surface area contributed by atoms with Crippen LogP contribution in [0.4, 0.5) is 0 Å². The molecule has 1 N–H and O–H groups in total. The summed E-state index contributed by atoms with van der Waals surface area (Å²) in [6, 6.07) is 10.4. The van der Waals surface area contributed by atoms with Crippen LogP contribution in [0.5, 0.6) is 0 Å². The molecule has 4 nitrogen and oxygen atoms in total. The number of aryl methyl sites for hydroxylation is 1. The number of aromatic nitrogens is 2. The minimum absolute atomic E-state index is 0.206. The number of fused-ring (bicyclic) bond motifs is 2. The highest BCUT2D eigenvalue weighted by Gasteiger charge is 2.40. The molecule has 0 aliphatic heterocycles. The lowest BCUT2D eigenvalue weighted by Gasteiger charge is -2.20. The molecule has 1 aromatic carbocycles. The molecule has 0 saturated heterocycles. The van der Waals surface area contributed by atoms with E-state index in [-0.39, 0.29) is 5.91 Å². The first-order valence-electron chi connectivity index (χ1n) is 9.93.